The SMILES string of the molecule is Cc1cccc(N2C(=NC(=O)CCCC(=O)O)SC3CS(=O)(=O)CC32)c1. The third kappa shape index (κ3) is 4.27. The summed E-state index contributed by atoms with van der Waals surface area (Å²) in [4.78, 5) is 28.7. The summed E-state index contributed by atoms with van der Waals surface area (Å²) in [5, 5.41) is 9.02. The number of carbonyl (C=O) groups excluding carboxylic acids is 1. The summed E-state index contributed by atoms with van der Waals surface area (Å²) in [5.74, 6) is -1.20. The first kappa shape index (κ1) is 18.9. The van der Waals surface area contributed by atoms with Gasteiger partial charge in [-0.3, -0.25) is 9.59 Å². The van der Waals surface area contributed by atoms with Gasteiger partial charge in [0.2, 0.25) is 5.91 Å². The van der Waals surface area contributed by atoms with Crippen LogP contribution in [0.5, 0.6) is 0 Å². The molecule has 1 aromatic carbocycles. The van der Waals surface area contributed by atoms with Crippen LogP contribution in [0.2, 0.25) is 0 Å². The zero-order valence-electron chi connectivity index (χ0n) is 14.3. The van der Waals surface area contributed by atoms with Crippen molar-refractivity contribution < 1.29 is 23.1 Å². The molecule has 3 rings (SSSR count). The van der Waals surface area contributed by atoms with E-state index < -0.39 is 15.8 Å². The Bertz CT molecular complexity index is 866. The average molecular weight is 396 g/mol. The Morgan fingerprint density at radius 1 is 1.31 bits per heavy atom. The largest absolute Gasteiger partial charge is 0.481 e. The van der Waals surface area contributed by atoms with Crippen molar-refractivity contribution in [3.8, 4) is 0 Å². The number of carboxylic acids is 1. The Kier molecular flexibility index (Phi) is 5.38. The minimum atomic E-state index is -3.10. The van der Waals surface area contributed by atoms with Crippen LogP contribution in [0.15, 0.2) is 29.3 Å². The van der Waals surface area contributed by atoms with Crippen molar-refractivity contribution in [1.29, 1.82) is 0 Å². The van der Waals surface area contributed by atoms with Crippen LogP contribution in [-0.2, 0) is 19.4 Å². The minimum Gasteiger partial charge on any atom is -0.481 e. The van der Waals surface area contributed by atoms with Crippen LogP contribution < -0.4 is 4.90 Å². The van der Waals surface area contributed by atoms with Crippen LogP contribution in [0.25, 0.3) is 0 Å². The number of rotatable bonds is 5. The van der Waals surface area contributed by atoms with E-state index in [0.717, 1.165) is 11.3 Å². The zero-order valence-corrected chi connectivity index (χ0v) is 15.9. The molecule has 1 amide bonds. The van der Waals surface area contributed by atoms with E-state index in [9.17, 15) is 18.0 Å². The van der Waals surface area contributed by atoms with E-state index in [1.54, 1.807) is 0 Å². The summed E-state index contributed by atoms with van der Waals surface area (Å²) in [6.07, 6.45) is 0.224. The molecule has 2 saturated heterocycles. The summed E-state index contributed by atoms with van der Waals surface area (Å²) in [5.41, 5.74) is 1.85. The van der Waals surface area contributed by atoms with Crippen LogP contribution in [0, 0.1) is 6.92 Å². The first-order valence-corrected chi connectivity index (χ1v) is 11.0. The molecular weight excluding hydrogens is 376 g/mol. The number of amides is 1. The van der Waals surface area contributed by atoms with Crippen LogP contribution in [0.4, 0.5) is 5.69 Å². The van der Waals surface area contributed by atoms with Gasteiger partial charge in [-0.2, -0.15) is 4.99 Å². The number of aliphatic imine (C=N–C) groups is 1. The number of carbonyl (C=O) groups is 2. The molecule has 9 heteroatoms. The summed E-state index contributed by atoms with van der Waals surface area (Å²) in [6, 6.07) is 7.42. The third-order valence-corrected chi connectivity index (χ3v) is 7.56. The molecule has 26 heavy (non-hydrogen) atoms. The second-order valence-electron chi connectivity index (χ2n) is 6.54. The Hall–Kier alpha value is -1.87. The number of aryl methyl sites for hydroxylation is 1. The predicted molar refractivity (Wildman–Crippen MR) is 101 cm³/mol. The molecule has 0 bridgehead atoms. The number of hydrogen-bond donors (Lipinski definition) is 1. The second-order valence-corrected chi connectivity index (χ2v) is 9.91. The molecule has 2 aliphatic heterocycles. The molecule has 1 N–H and O–H groups in total. The van der Waals surface area contributed by atoms with Gasteiger partial charge < -0.3 is 10.0 Å². The molecule has 0 spiro atoms. The fraction of sp³-hybridized carbons (Fsp3) is 0.471. The van der Waals surface area contributed by atoms with Crippen molar-refractivity contribution in [2.45, 2.75) is 37.5 Å². The number of amidine groups is 1. The second kappa shape index (κ2) is 7.40. The van der Waals surface area contributed by atoms with E-state index in [1.165, 1.54) is 11.8 Å². The van der Waals surface area contributed by atoms with Gasteiger partial charge >= 0.3 is 5.97 Å². The Labute approximate surface area is 156 Å². The summed E-state index contributed by atoms with van der Waals surface area (Å²) < 4.78 is 24.0. The van der Waals surface area contributed by atoms with Gasteiger partial charge in [0.15, 0.2) is 15.0 Å². The number of aliphatic carboxylic acids is 1. The number of nitrogens with zero attached hydrogens (tertiary/aromatic N) is 2. The molecule has 0 radical (unpaired) electrons. The summed E-state index contributed by atoms with van der Waals surface area (Å²) >= 11 is 1.32. The van der Waals surface area contributed by atoms with E-state index >= 15 is 0 Å². The molecule has 2 aliphatic rings. The highest BCUT2D eigenvalue weighted by Gasteiger charge is 2.49. The fourth-order valence-electron chi connectivity index (χ4n) is 3.20. The van der Waals surface area contributed by atoms with Gasteiger partial charge in [0.05, 0.1) is 17.5 Å². The van der Waals surface area contributed by atoms with Crippen molar-refractivity contribution in [3.05, 3.63) is 29.8 Å². The van der Waals surface area contributed by atoms with E-state index in [2.05, 4.69) is 4.99 Å². The van der Waals surface area contributed by atoms with E-state index in [4.69, 9.17) is 5.11 Å². The van der Waals surface area contributed by atoms with E-state index in [1.807, 2.05) is 36.1 Å². The lowest BCUT2D eigenvalue weighted by Gasteiger charge is -2.24. The number of anilines is 1. The number of benzene rings is 1. The molecule has 0 aromatic heterocycles. The van der Waals surface area contributed by atoms with Gasteiger partial charge in [0.25, 0.3) is 0 Å². The molecule has 2 fully saturated rings. The molecule has 140 valence electrons. The van der Waals surface area contributed by atoms with Gasteiger partial charge in [0.1, 0.15) is 0 Å². The quantitative estimate of drug-likeness (QED) is 0.810. The topological polar surface area (TPSA) is 104 Å². The van der Waals surface area contributed by atoms with Crippen molar-refractivity contribution in [3.63, 3.8) is 0 Å². The molecule has 2 unspecified atom stereocenters. The Morgan fingerprint density at radius 3 is 2.77 bits per heavy atom. The lowest BCUT2D eigenvalue weighted by atomic mass is 10.1. The molecule has 0 saturated carbocycles. The van der Waals surface area contributed by atoms with Crippen molar-refractivity contribution in [1.82, 2.24) is 0 Å². The summed E-state index contributed by atoms with van der Waals surface area (Å²) in [7, 11) is -3.10. The molecule has 2 atom stereocenters. The smallest absolute Gasteiger partial charge is 0.303 e. The Morgan fingerprint density at radius 2 is 2.08 bits per heavy atom. The van der Waals surface area contributed by atoms with Gasteiger partial charge in [-0.25, -0.2) is 8.42 Å². The van der Waals surface area contributed by atoms with E-state index in [0.29, 0.717) is 5.17 Å². The predicted octanol–water partition coefficient (Wildman–Crippen LogP) is 1.85. The maximum Gasteiger partial charge on any atom is 0.303 e. The monoisotopic (exact) mass is 396 g/mol. The van der Waals surface area contributed by atoms with Crippen molar-refractivity contribution in [2.24, 2.45) is 4.99 Å². The number of carboxylic acid groups (broad SMARTS) is 1. The number of sulfone groups is 1. The average Bonchev–Trinajstić information content (AvgIpc) is 2.97. The molecular formula is C17H20N2O5S2. The van der Waals surface area contributed by atoms with Gasteiger partial charge in [-0.15, -0.1) is 0 Å². The Balaban J connectivity index is 1.85. The minimum absolute atomic E-state index is 0.0465. The highest BCUT2D eigenvalue weighted by Crippen LogP contribution is 2.41. The standard InChI is InChI=1S/C17H20N2O5S2/c1-11-4-2-5-12(8-11)19-13-9-26(23,24)10-14(13)25-17(19)18-15(20)6-3-7-16(21)22/h2,4-5,8,13-14H,3,6-7,9-10H2,1H3,(H,21,22). The van der Waals surface area contributed by atoms with Crippen molar-refractivity contribution in [2.75, 3.05) is 16.4 Å². The van der Waals surface area contributed by atoms with Gasteiger partial charge in [-0.05, 0) is 31.0 Å². The highest BCUT2D eigenvalue weighted by atomic mass is 32.2. The maximum absolute atomic E-state index is 12.1. The van der Waals surface area contributed by atoms with Crippen LogP contribution in [0.1, 0.15) is 24.8 Å². The lowest BCUT2D eigenvalue weighted by Crippen LogP contribution is -2.37. The number of thioether (sulfide) groups is 1. The normalized spacial score (nSPS) is 25.4. The maximum atomic E-state index is 12.1. The van der Waals surface area contributed by atoms with Crippen LogP contribution in [-0.4, -0.2) is 53.4 Å². The molecule has 0 aliphatic carbocycles. The molecule has 2 heterocycles. The number of hydrogen-bond acceptors (Lipinski definition) is 5. The van der Waals surface area contributed by atoms with Crippen LogP contribution in [0.3, 0.4) is 0 Å². The first-order valence-electron chi connectivity index (χ1n) is 8.31. The first-order chi connectivity index (χ1) is 12.2. The fourth-order valence-corrected chi connectivity index (χ4v) is 7.13. The highest BCUT2D eigenvalue weighted by molar-refractivity contribution is 8.16. The zero-order chi connectivity index (χ0) is 18.9. The van der Waals surface area contributed by atoms with Gasteiger partial charge in [0, 0.05) is 23.8 Å². The van der Waals surface area contributed by atoms with Crippen LogP contribution >= 0.6 is 11.8 Å². The summed E-state index contributed by atoms with van der Waals surface area (Å²) in [6.45, 7) is 1.95. The molecule has 1 aromatic rings. The van der Waals surface area contributed by atoms with Gasteiger partial charge in [-0.1, -0.05) is 23.9 Å². The molecule has 7 nitrogen and oxygen atoms in total. The third-order valence-electron chi connectivity index (χ3n) is 4.35. The van der Waals surface area contributed by atoms with Crippen molar-refractivity contribution >= 4 is 44.3 Å². The number of fused-ring (bicyclic) bond motifs is 1. The van der Waals surface area contributed by atoms with E-state index in [-0.39, 0.29) is 48.0 Å². The lowest BCUT2D eigenvalue weighted by molar-refractivity contribution is -0.137.